The quantitative estimate of drug-likeness (QED) is 0.517. The fourth-order valence-corrected chi connectivity index (χ4v) is 3.28. The fourth-order valence-electron chi connectivity index (χ4n) is 3.28. The monoisotopic (exact) mass is 421 g/mol. The molecule has 0 radical (unpaired) electrons. The Balaban J connectivity index is 1.68. The van der Waals surface area contributed by atoms with Crippen LogP contribution >= 0.6 is 0 Å². The van der Waals surface area contributed by atoms with Gasteiger partial charge < -0.3 is 10.1 Å². The van der Waals surface area contributed by atoms with E-state index >= 15 is 0 Å². The van der Waals surface area contributed by atoms with Crippen LogP contribution in [0.5, 0.6) is 5.75 Å². The summed E-state index contributed by atoms with van der Waals surface area (Å²) in [5.41, 5.74) is 1.38. The van der Waals surface area contributed by atoms with Crippen molar-refractivity contribution in [3.05, 3.63) is 76.6 Å². The van der Waals surface area contributed by atoms with Crippen LogP contribution in [-0.4, -0.2) is 32.1 Å². The zero-order chi connectivity index (χ0) is 22.0. The predicted molar refractivity (Wildman–Crippen MR) is 114 cm³/mol. The molecule has 0 saturated carbocycles. The van der Waals surface area contributed by atoms with Gasteiger partial charge in [-0.25, -0.2) is 13.8 Å². The van der Waals surface area contributed by atoms with Crippen molar-refractivity contribution in [2.75, 3.05) is 11.9 Å². The van der Waals surface area contributed by atoms with Crippen LogP contribution in [0.1, 0.15) is 12.6 Å². The van der Waals surface area contributed by atoms with Gasteiger partial charge in [-0.3, -0.25) is 9.59 Å². The van der Waals surface area contributed by atoms with Crippen LogP contribution in [0, 0.1) is 12.7 Å². The number of para-hydroxylation sites is 2. The zero-order valence-corrected chi connectivity index (χ0v) is 17.0. The van der Waals surface area contributed by atoms with E-state index in [1.165, 1.54) is 35.1 Å². The summed E-state index contributed by atoms with van der Waals surface area (Å²) in [5.74, 6) is -0.271. The van der Waals surface area contributed by atoms with Crippen LogP contribution in [0.4, 0.5) is 10.1 Å². The van der Waals surface area contributed by atoms with Crippen molar-refractivity contribution in [1.82, 2.24) is 19.6 Å². The molecule has 2 aromatic heterocycles. The van der Waals surface area contributed by atoms with E-state index in [0.717, 1.165) is 4.68 Å². The molecule has 8 nitrogen and oxygen atoms in total. The van der Waals surface area contributed by atoms with Gasteiger partial charge in [0, 0.05) is 5.39 Å². The Morgan fingerprint density at radius 3 is 2.65 bits per heavy atom. The number of rotatable bonds is 6. The normalized spacial score (nSPS) is 10.9. The van der Waals surface area contributed by atoms with Gasteiger partial charge in [-0.2, -0.15) is 10.2 Å². The van der Waals surface area contributed by atoms with Crippen molar-refractivity contribution in [1.29, 1.82) is 0 Å². The van der Waals surface area contributed by atoms with Crippen LogP contribution in [0.25, 0.3) is 16.6 Å². The van der Waals surface area contributed by atoms with E-state index in [4.69, 9.17) is 4.74 Å². The van der Waals surface area contributed by atoms with Crippen molar-refractivity contribution in [3.63, 3.8) is 0 Å². The summed E-state index contributed by atoms with van der Waals surface area (Å²) in [6.45, 7) is 3.75. The van der Waals surface area contributed by atoms with Crippen molar-refractivity contribution >= 4 is 22.5 Å². The van der Waals surface area contributed by atoms with Crippen LogP contribution in [0.3, 0.4) is 0 Å². The molecule has 0 aliphatic carbocycles. The van der Waals surface area contributed by atoms with Gasteiger partial charge in [-0.1, -0.05) is 12.1 Å². The van der Waals surface area contributed by atoms with Crippen molar-refractivity contribution in [3.8, 4) is 11.4 Å². The number of carbonyl (C=O) groups is 1. The number of hydrogen-bond donors (Lipinski definition) is 1. The van der Waals surface area contributed by atoms with Gasteiger partial charge in [0.15, 0.2) is 0 Å². The molecule has 1 amide bonds. The zero-order valence-electron chi connectivity index (χ0n) is 17.0. The molecule has 0 fully saturated rings. The van der Waals surface area contributed by atoms with Crippen molar-refractivity contribution < 1.29 is 13.9 Å². The summed E-state index contributed by atoms with van der Waals surface area (Å²) in [5, 5.41) is 11.8. The minimum absolute atomic E-state index is 0.265. The maximum absolute atomic E-state index is 13.3. The Hall–Kier alpha value is -4.01. The first-order chi connectivity index (χ1) is 15.0. The largest absolute Gasteiger partial charge is 0.492 e. The molecule has 1 N–H and O–H groups in total. The third-order valence-corrected chi connectivity index (χ3v) is 4.69. The van der Waals surface area contributed by atoms with Crippen LogP contribution < -0.4 is 15.6 Å². The highest BCUT2D eigenvalue weighted by molar-refractivity contribution is 5.92. The predicted octanol–water partition coefficient (Wildman–Crippen LogP) is 3.07. The van der Waals surface area contributed by atoms with Crippen LogP contribution in [-0.2, 0) is 11.3 Å². The molecule has 0 saturated heterocycles. The Labute approximate surface area is 176 Å². The van der Waals surface area contributed by atoms with Gasteiger partial charge in [0.05, 0.1) is 29.9 Å². The number of halogens is 1. The fraction of sp³-hybridized carbons (Fsp3) is 0.182. The van der Waals surface area contributed by atoms with E-state index in [-0.39, 0.29) is 17.9 Å². The second-order valence-electron chi connectivity index (χ2n) is 6.82. The molecule has 0 unspecified atom stereocenters. The molecule has 0 atom stereocenters. The molecule has 31 heavy (non-hydrogen) atoms. The van der Waals surface area contributed by atoms with Gasteiger partial charge in [0.25, 0.3) is 5.56 Å². The number of aryl methyl sites for hydroxylation is 1. The number of nitrogens with zero attached hydrogens (tertiary/aromatic N) is 4. The molecule has 158 valence electrons. The number of nitrogens with one attached hydrogen (secondary N) is 1. The Kier molecular flexibility index (Phi) is 5.48. The van der Waals surface area contributed by atoms with E-state index in [1.807, 2.05) is 6.92 Å². The van der Waals surface area contributed by atoms with Crippen molar-refractivity contribution in [2.24, 2.45) is 0 Å². The molecule has 2 aromatic carbocycles. The highest BCUT2D eigenvalue weighted by Crippen LogP contribution is 2.23. The average molecular weight is 421 g/mol. The van der Waals surface area contributed by atoms with Gasteiger partial charge >= 0.3 is 0 Å². The Morgan fingerprint density at radius 2 is 1.90 bits per heavy atom. The molecule has 4 aromatic rings. The second-order valence-corrected chi connectivity index (χ2v) is 6.82. The van der Waals surface area contributed by atoms with Gasteiger partial charge in [0.2, 0.25) is 5.91 Å². The van der Waals surface area contributed by atoms with E-state index in [0.29, 0.717) is 34.8 Å². The number of carbonyl (C=O) groups excluding carboxylic acids is 1. The number of aromatic nitrogens is 4. The first-order valence-corrected chi connectivity index (χ1v) is 9.71. The third-order valence-electron chi connectivity index (χ3n) is 4.69. The summed E-state index contributed by atoms with van der Waals surface area (Å²) in [6, 6.07) is 12.7. The highest BCUT2D eigenvalue weighted by Gasteiger charge is 2.17. The minimum Gasteiger partial charge on any atom is -0.492 e. The number of amides is 1. The third kappa shape index (κ3) is 4.02. The molecule has 0 spiro atoms. The van der Waals surface area contributed by atoms with Crippen LogP contribution in [0.15, 0.2) is 59.5 Å². The topological polar surface area (TPSA) is 91.0 Å². The number of hydrogen-bond acceptors (Lipinski definition) is 5. The lowest BCUT2D eigenvalue weighted by Gasteiger charge is -2.12. The smallest absolute Gasteiger partial charge is 0.293 e. The molecular weight excluding hydrogens is 401 g/mol. The SMILES string of the molecule is CCOc1ccccc1NC(=O)Cn1nc(C)c2cnn(-c3ccc(F)cc3)c2c1=O. The molecule has 9 heteroatoms. The second kappa shape index (κ2) is 8.39. The molecule has 4 rings (SSSR count). The van der Waals surface area contributed by atoms with E-state index in [1.54, 1.807) is 31.2 Å². The first kappa shape index (κ1) is 20.3. The summed E-state index contributed by atoms with van der Waals surface area (Å²) < 4.78 is 21.3. The molecular formula is C22H20FN5O3. The van der Waals surface area contributed by atoms with Crippen LogP contribution in [0.2, 0.25) is 0 Å². The highest BCUT2D eigenvalue weighted by atomic mass is 19.1. The molecule has 0 aliphatic rings. The summed E-state index contributed by atoms with van der Waals surface area (Å²) in [4.78, 5) is 25.8. The van der Waals surface area contributed by atoms with Gasteiger partial charge in [0.1, 0.15) is 23.6 Å². The average Bonchev–Trinajstić information content (AvgIpc) is 3.20. The summed E-state index contributed by atoms with van der Waals surface area (Å²) in [7, 11) is 0. The van der Waals surface area contributed by atoms with Gasteiger partial charge in [-0.15, -0.1) is 0 Å². The van der Waals surface area contributed by atoms with Crippen molar-refractivity contribution in [2.45, 2.75) is 20.4 Å². The first-order valence-electron chi connectivity index (χ1n) is 9.71. The summed E-state index contributed by atoms with van der Waals surface area (Å²) in [6.07, 6.45) is 1.53. The lowest BCUT2D eigenvalue weighted by atomic mass is 10.2. The maximum Gasteiger partial charge on any atom is 0.293 e. The Bertz CT molecular complexity index is 1310. The lowest BCUT2D eigenvalue weighted by Crippen LogP contribution is -2.31. The molecule has 0 aliphatic heterocycles. The number of fused-ring (bicyclic) bond motifs is 1. The molecule has 0 bridgehead atoms. The molecule has 2 heterocycles. The minimum atomic E-state index is -0.476. The lowest BCUT2D eigenvalue weighted by molar-refractivity contribution is -0.117. The number of anilines is 1. The van der Waals surface area contributed by atoms with E-state index in [9.17, 15) is 14.0 Å². The summed E-state index contributed by atoms with van der Waals surface area (Å²) >= 11 is 0. The van der Waals surface area contributed by atoms with Gasteiger partial charge in [-0.05, 0) is 50.2 Å². The van der Waals surface area contributed by atoms with E-state index < -0.39 is 11.5 Å². The van der Waals surface area contributed by atoms with E-state index in [2.05, 4.69) is 15.5 Å². The maximum atomic E-state index is 13.3. The Morgan fingerprint density at radius 1 is 1.16 bits per heavy atom. The standard InChI is InChI=1S/C22H20FN5O3/c1-3-31-19-7-5-4-6-18(19)25-20(29)13-27-22(30)21-17(14(2)26-27)12-24-28(21)16-10-8-15(23)9-11-16/h4-12H,3,13H2,1-2H3,(H,25,29). The number of ether oxygens (including phenoxy) is 1. The number of benzene rings is 2.